The predicted octanol–water partition coefficient (Wildman–Crippen LogP) is 3.18. The van der Waals surface area contributed by atoms with Gasteiger partial charge in [-0.1, -0.05) is 12.1 Å². The van der Waals surface area contributed by atoms with Gasteiger partial charge in [-0.15, -0.1) is 0 Å². The first-order valence-electron chi connectivity index (χ1n) is 6.70. The van der Waals surface area contributed by atoms with Crippen LogP contribution in [0.5, 0.6) is 0 Å². The van der Waals surface area contributed by atoms with E-state index in [1.165, 1.54) is 0 Å². The number of hydrogen-bond donors (Lipinski definition) is 3. The van der Waals surface area contributed by atoms with Crippen LogP contribution in [0.3, 0.4) is 0 Å². The van der Waals surface area contributed by atoms with Gasteiger partial charge in [-0.3, -0.25) is 0 Å². The zero-order valence-corrected chi connectivity index (χ0v) is 11.8. The summed E-state index contributed by atoms with van der Waals surface area (Å²) < 4.78 is 38.2. The molecule has 0 radical (unpaired) electrons. The van der Waals surface area contributed by atoms with Crippen LogP contribution in [0.25, 0.3) is 0 Å². The fourth-order valence-corrected chi connectivity index (χ4v) is 2.01. The van der Waals surface area contributed by atoms with Crippen molar-refractivity contribution in [3.05, 3.63) is 29.8 Å². The molecule has 0 bridgehead atoms. The molecule has 7 heteroatoms. The Morgan fingerprint density at radius 3 is 2.24 bits per heavy atom. The lowest BCUT2D eigenvalue weighted by molar-refractivity contribution is -0.162. The number of hydrogen-bond acceptors (Lipinski definition) is 2. The molecule has 2 rings (SSSR count). The van der Waals surface area contributed by atoms with Crippen LogP contribution in [0.4, 0.5) is 23.7 Å². The Hall–Kier alpha value is -1.76. The zero-order chi connectivity index (χ0) is 15.7. The normalized spacial score (nSPS) is 18.0. The highest BCUT2D eigenvalue weighted by Crippen LogP contribution is 2.48. The largest absolute Gasteiger partial charge is 0.411 e. The Balaban J connectivity index is 1.95. The summed E-state index contributed by atoms with van der Waals surface area (Å²) in [6.45, 7) is 1.98. The average Bonchev–Trinajstić information content (AvgIpc) is 3.19. The van der Waals surface area contributed by atoms with Crippen molar-refractivity contribution < 1.29 is 18.0 Å². The van der Waals surface area contributed by atoms with Crippen molar-refractivity contribution in [2.75, 3.05) is 12.4 Å². The third-order valence-corrected chi connectivity index (χ3v) is 3.75. The van der Waals surface area contributed by atoms with Gasteiger partial charge in [0.25, 0.3) is 0 Å². The Labute approximate surface area is 121 Å². The lowest BCUT2D eigenvalue weighted by atomic mass is 10.1. The second-order valence-corrected chi connectivity index (χ2v) is 5.29. The molecule has 21 heavy (non-hydrogen) atoms. The predicted molar refractivity (Wildman–Crippen MR) is 74.1 cm³/mol. The van der Waals surface area contributed by atoms with E-state index in [1.807, 2.05) is 31.4 Å². The molecule has 3 N–H and O–H groups in total. The molecule has 0 heterocycles. The third kappa shape index (κ3) is 3.47. The smallest absolute Gasteiger partial charge is 0.323 e. The summed E-state index contributed by atoms with van der Waals surface area (Å²) >= 11 is 0. The van der Waals surface area contributed by atoms with Crippen molar-refractivity contribution >= 4 is 11.7 Å². The van der Waals surface area contributed by atoms with Crippen LogP contribution in [-0.2, 0) is 0 Å². The first-order chi connectivity index (χ1) is 9.77. The van der Waals surface area contributed by atoms with Gasteiger partial charge in [0.05, 0.1) is 0 Å². The molecule has 1 saturated carbocycles. The van der Waals surface area contributed by atoms with Gasteiger partial charge in [0.15, 0.2) is 0 Å². The Morgan fingerprint density at radius 2 is 1.81 bits per heavy atom. The number of carbonyl (C=O) groups is 1. The van der Waals surface area contributed by atoms with Gasteiger partial charge in [-0.2, -0.15) is 13.2 Å². The van der Waals surface area contributed by atoms with Crippen molar-refractivity contribution in [1.29, 1.82) is 0 Å². The van der Waals surface area contributed by atoms with Crippen molar-refractivity contribution in [2.24, 2.45) is 0 Å². The second-order valence-electron chi connectivity index (χ2n) is 5.29. The van der Waals surface area contributed by atoms with Crippen LogP contribution in [0.2, 0.25) is 0 Å². The first-order valence-corrected chi connectivity index (χ1v) is 6.70. The van der Waals surface area contributed by atoms with E-state index in [1.54, 1.807) is 12.1 Å². The van der Waals surface area contributed by atoms with Gasteiger partial charge in [0.2, 0.25) is 0 Å². The fourth-order valence-electron chi connectivity index (χ4n) is 2.01. The van der Waals surface area contributed by atoms with Gasteiger partial charge in [-0.25, -0.2) is 4.79 Å². The molecule has 0 aromatic heterocycles. The summed E-state index contributed by atoms with van der Waals surface area (Å²) in [6.07, 6.45) is -4.54. The second kappa shape index (κ2) is 5.55. The van der Waals surface area contributed by atoms with Crippen molar-refractivity contribution in [3.63, 3.8) is 0 Å². The molecule has 1 aromatic carbocycles. The van der Waals surface area contributed by atoms with E-state index in [0.29, 0.717) is 5.69 Å². The number of anilines is 1. The molecule has 0 saturated heterocycles. The van der Waals surface area contributed by atoms with E-state index in [2.05, 4.69) is 10.6 Å². The Bertz CT molecular complexity index is 509. The Morgan fingerprint density at radius 1 is 1.24 bits per heavy atom. The van der Waals surface area contributed by atoms with Gasteiger partial charge in [0.1, 0.15) is 5.54 Å². The topological polar surface area (TPSA) is 53.2 Å². The van der Waals surface area contributed by atoms with Crippen molar-refractivity contribution in [1.82, 2.24) is 10.6 Å². The maximum absolute atomic E-state index is 12.7. The molecular formula is C14H18F3N3O. The first kappa shape index (κ1) is 15.6. The number of alkyl halides is 3. The lowest BCUT2D eigenvalue weighted by Gasteiger charge is -2.21. The number of benzene rings is 1. The maximum Gasteiger partial charge on any atom is 0.411 e. The summed E-state index contributed by atoms with van der Waals surface area (Å²) in [5.74, 6) is 0. The summed E-state index contributed by atoms with van der Waals surface area (Å²) in [4.78, 5) is 11.7. The summed E-state index contributed by atoms with van der Waals surface area (Å²) in [5.41, 5.74) is -0.563. The summed E-state index contributed by atoms with van der Waals surface area (Å²) in [6, 6.07) is 6.28. The maximum atomic E-state index is 12.7. The van der Waals surface area contributed by atoms with Gasteiger partial charge in [0, 0.05) is 11.7 Å². The molecule has 1 aliphatic rings. The highest BCUT2D eigenvalue weighted by Gasteiger charge is 2.64. The van der Waals surface area contributed by atoms with E-state index in [9.17, 15) is 18.0 Å². The lowest BCUT2D eigenvalue weighted by Crippen LogP contribution is -2.49. The number of halogens is 3. The van der Waals surface area contributed by atoms with Crippen molar-refractivity contribution in [3.8, 4) is 0 Å². The summed E-state index contributed by atoms with van der Waals surface area (Å²) in [5, 5.41) is 7.51. The molecule has 1 atom stereocenters. The average molecular weight is 301 g/mol. The molecular weight excluding hydrogens is 283 g/mol. The van der Waals surface area contributed by atoms with Gasteiger partial charge in [-0.05, 0) is 44.5 Å². The number of nitrogens with one attached hydrogen (secondary N) is 3. The van der Waals surface area contributed by atoms with E-state index in [0.717, 1.165) is 5.56 Å². The summed E-state index contributed by atoms with van der Waals surface area (Å²) in [7, 11) is 1.83. The minimum Gasteiger partial charge on any atom is -0.323 e. The standard InChI is InChI=1S/C14H18F3N3O/c1-9(18-2)10-3-5-11(6-4-10)19-12(21)20-13(7-8-13)14(15,16)17/h3-6,9,18H,7-8H2,1-2H3,(H2,19,20,21). The van der Waals surface area contributed by atoms with E-state index < -0.39 is 17.7 Å². The molecule has 1 aliphatic carbocycles. The molecule has 0 aliphatic heterocycles. The third-order valence-electron chi connectivity index (χ3n) is 3.75. The molecule has 4 nitrogen and oxygen atoms in total. The van der Waals surface area contributed by atoms with Crippen LogP contribution in [0.15, 0.2) is 24.3 Å². The van der Waals surface area contributed by atoms with Crippen LogP contribution >= 0.6 is 0 Å². The Kier molecular flexibility index (Phi) is 4.13. The van der Waals surface area contributed by atoms with Crippen molar-refractivity contribution in [2.45, 2.75) is 37.5 Å². The molecule has 0 spiro atoms. The molecule has 1 fully saturated rings. The minimum atomic E-state index is -4.41. The molecule has 116 valence electrons. The number of carbonyl (C=O) groups excluding carboxylic acids is 1. The highest BCUT2D eigenvalue weighted by atomic mass is 19.4. The fraction of sp³-hybridized carbons (Fsp3) is 0.500. The number of rotatable bonds is 4. The zero-order valence-electron chi connectivity index (χ0n) is 11.8. The minimum absolute atomic E-state index is 0.0669. The molecule has 1 unspecified atom stereocenters. The van der Waals surface area contributed by atoms with E-state index in [4.69, 9.17) is 0 Å². The highest BCUT2D eigenvalue weighted by molar-refractivity contribution is 5.90. The SMILES string of the molecule is CNC(C)c1ccc(NC(=O)NC2(C(F)(F)F)CC2)cc1. The number of amides is 2. The van der Waals surface area contributed by atoms with Crippen LogP contribution in [0.1, 0.15) is 31.4 Å². The quantitative estimate of drug-likeness (QED) is 0.800. The monoisotopic (exact) mass is 301 g/mol. The van der Waals surface area contributed by atoms with Gasteiger partial charge < -0.3 is 16.0 Å². The van der Waals surface area contributed by atoms with Gasteiger partial charge >= 0.3 is 12.2 Å². The van der Waals surface area contributed by atoms with Crippen LogP contribution in [-0.4, -0.2) is 24.8 Å². The molecule has 1 aromatic rings. The number of urea groups is 1. The van der Waals surface area contributed by atoms with E-state index >= 15 is 0 Å². The molecule has 2 amide bonds. The van der Waals surface area contributed by atoms with Crippen LogP contribution < -0.4 is 16.0 Å². The van der Waals surface area contributed by atoms with E-state index in [-0.39, 0.29) is 18.9 Å². The van der Waals surface area contributed by atoms with Crippen LogP contribution in [0, 0.1) is 0 Å².